The van der Waals surface area contributed by atoms with Gasteiger partial charge in [-0.1, -0.05) is 29.8 Å². The molecule has 1 heterocycles. The Bertz CT molecular complexity index is 525. The van der Waals surface area contributed by atoms with Crippen molar-refractivity contribution < 1.29 is 9.53 Å². The lowest BCUT2D eigenvalue weighted by Crippen LogP contribution is -2.10. The van der Waals surface area contributed by atoms with Crippen LogP contribution in [0.4, 0.5) is 0 Å². The van der Waals surface area contributed by atoms with Gasteiger partial charge in [-0.2, -0.15) is 0 Å². The average molecular weight is 262 g/mol. The number of aromatic nitrogens is 1. The highest BCUT2D eigenvalue weighted by atomic mass is 35.5. The molecule has 1 unspecified atom stereocenters. The molecule has 1 aromatic heterocycles. The first-order chi connectivity index (χ1) is 8.66. The molecule has 0 aliphatic heterocycles. The van der Waals surface area contributed by atoms with Gasteiger partial charge in [0.1, 0.15) is 0 Å². The average Bonchev–Trinajstić information content (AvgIpc) is 2.38. The molecule has 0 aliphatic rings. The minimum Gasteiger partial charge on any atom is -0.453 e. The standard InChI is InChI=1S/C14H12ClNO2/c1-10(17)18-14(12-3-2-8-16-9-12)11-4-6-13(15)7-5-11/h2-9,14H,1H3. The largest absolute Gasteiger partial charge is 0.453 e. The second-order valence-corrected chi connectivity index (χ2v) is 4.26. The van der Waals surface area contributed by atoms with Crippen LogP contribution in [0.3, 0.4) is 0 Å². The van der Waals surface area contributed by atoms with E-state index in [1.165, 1.54) is 6.92 Å². The van der Waals surface area contributed by atoms with E-state index in [0.29, 0.717) is 5.02 Å². The smallest absolute Gasteiger partial charge is 0.303 e. The Labute approximate surface area is 110 Å². The van der Waals surface area contributed by atoms with Crippen LogP contribution in [0, 0.1) is 0 Å². The van der Waals surface area contributed by atoms with E-state index < -0.39 is 6.10 Å². The Kier molecular flexibility index (Phi) is 3.95. The molecular weight excluding hydrogens is 250 g/mol. The molecule has 0 saturated heterocycles. The van der Waals surface area contributed by atoms with Crippen molar-refractivity contribution >= 4 is 17.6 Å². The number of esters is 1. The molecule has 18 heavy (non-hydrogen) atoms. The molecule has 2 aromatic rings. The first kappa shape index (κ1) is 12.6. The molecule has 1 aromatic carbocycles. The molecule has 0 aliphatic carbocycles. The molecule has 0 spiro atoms. The molecule has 0 bridgehead atoms. The van der Waals surface area contributed by atoms with Crippen molar-refractivity contribution in [2.24, 2.45) is 0 Å². The molecule has 1 atom stereocenters. The summed E-state index contributed by atoms with van der Waals surface area (Å²) in [5, 5.41) is 0.645. The first-order valence-electron chi connectivity index (χ1n) is 5.49. The number of pyridine rings is 1. The lowest BCUT2D eigenvalue weighted by atomic mass is 10.0. The predicted molar refractivity (Wildman–Crippen MR) is 69.3 cm³/mol. The van der Waals surface area contributed by atoms with Crippen LogP contribution in [0.15, 0.2) is 48.8 Å². The third-order valence-corrected chi connectivity index (χ3v) is 2.70. The van der Waals surface area contributed by atoms with Crippen molar-refractivity contribution in [2.45, 2.75) is 13.0 Å². The molecule has 2 rings (SSSR count). The monoisotopic (exact) mass is 261 g/mol. The molecule has 0 N–H and O–H groups in total. The summed E-state index contributed by atoms with van der Waals surface area (Å²) >= 11 is 5.85. The van der Waals surface area contributed by atoms with Crippen LogP contribution in [-0.4, -0.2) is 11.0 Å². The molecule has 0 saturated carbocycles. The van der Waals surface area contributed by atoms with E-state index in [-0.39, 0.29) is 5.97 Å². The second-order valence-electron chi connectivity index (χ2n) is 3.83. The highest BCUT2D eigenvalue weighted by Crippen LogP contribution is 2.26. The summed E-state index contributed by atoms with van der Waals surface area (Å²) in [4.78, 5) is 15.2. The minimum atomic E-state index is -0.450. The van der Waals surface area contributed by atoms with Gasteiger partial charge in [-0.15, -0.1) is 0 Å². The normalized spacial score (nSPS) is 11.9. The number of carbonyl (C=O) groups is 1. The van der Waals surface area contributed by atoms with Crippen molar-refractivity contribution in [3.8, 4) is 0 Å². The van der Waals surface area contributed by atoms with Crippen LogP contribution in [-0.2, 0) is 9.53 Å². The second kappa shape index (κ2) is 5.65. The summed E-state index contributed by atoms with van der Waals surface area (Å²) in [6.45, 7) is 1.39. The first-order valence-corrected chi connectivity index (χ1v) is 5.87. The number of carbonyl (C=O) groups excluding carboxylic acids is 1. The number of hydrogen-bond donors (Lipinski definition) is 0. The summed E-state index contributed by atoms with van der Waals surface area (Å²) in [6, 6.07) is 10.9. The Balaban J connectivity index is 2.36. The molecule has 0 fully saturated rings. The third kappa shape index (κ3) is 3.08. The van der Waals surface area contributed by atoms with Crippen molar-refractivity contribution in [1.82, 2.24) is 4.98 Å². The fourth-order valence-electron chi connectivity index (χ4n) is 1.66. The van der Waals surface area contributed by atoms with E-state index >= 15 is 0 Å². The Hall–Kier alpha value is -1.87. The van der Waals surface area contributed by atoms with E-state index in [1.807, 2.05) is 24.3 Å². The zero-order chi connectivity index (χ0) is 13.0. The van der Waals surface area contributed by atoms with Crippen molar-refractivity contribution in [2.75, 3.05) is 0 Å². The lowest BCUT2D eigenvalue weighted by molar-refractivity contribution is -0.144. The summed E-state index contributed by atoms with van der Waals surface area (Å²) in [5.41, 5.74) is 1.69. The van der Waals surface area contributed by atoms with Gasteiger partial charge < -0.3 is 4.74 Å². The van der Waals surface area contributed by atoms with Gasteiger partial charge in [0.05, 0.1) is 0 Å². The molecule has 92 valence electrons. The molecule has 3 nitrogen and oxygen atoms in total. The molecule has 0 amide bonds. The van der Waals surface area contributed by atoms with Crippen molar-refractivity contribution in [3.05, 3.63) is 64.9 Å². The van der Waals surface area contributed by atoms with E-state index in [1.54, 1.807) is 24.5 Å². The lowest BCUT2D eigenvalue weighted by Gasteiger charge is -2.17. The summed E-state index contributed by atoms with van der Waals surface area (Å²) in [5.74, 6) is -0.334. The summed E-state index contributed by atoms with van der Waals surface area (Å²) in [6.07, 6.45) is 2.91. The fourth-order valence-corrected chi connectivity index (χ4v) is 1.79. The minimum absolute atomic E-state index is 0.334. The molecule has 0 radical (unpaired) electrons. The van der Waals surface area contributed by atoms with Crippen LogP contribution in [0.25, 0.3) is 0 Å². The van der Waals surface area contributed by atoms with Gasteiger partial charge in [-0.3, -0.25) is 9.78 Å². The van der Waals surface area contributed by atoms with Gasteiger partial charge >= 0.3 is 5.97 Å². The Morgan fingerprint density at radius 2 is 1.94 bits per heavy atom. The van der Waals surface area contributed by atoms with Crippen LogP contribution >= 0.6 is 11.6 Å². The highest BCUT2D eigenvalue weighted by Gasteiger charge is 2.17. The van der Waals surface area contributed by atoms with Crippen molar-refractivity contribution in [1.29, 1.82) is 0 Å². The van der Waals surface area contributed by atoms with E-state index in [4.69, 9.17) is 16.3 Å². The topological polar surface area (TPSA) is 39.2 Å². The Morgan fingerprint density at radius 1 is 1.22 bits per heavy atom. The fraction of sp³-hybridized carbons (Fsp3) is 0.143. The van der Waals surface area contributed by atoms with Crippen molar-refractivity contribution in [3.63, 3.8) is 0 Å². The number of ether oxygens (including phenoxy) is 1. The van der Waals surface area contributed by atoms with Crippen LogP contribution < -0.4 is 0 Å². The number of hydrogen-bond acceptors (Lipinski definition) is 3. The number of halogens is 1. The third-order valence-electron chi connectivity index (χ3n) is 2.44. The maximum atomic E-state index is 11.2. The SMILES string of the molecule is CC(=O)OC(c1ccc(Cl)cc1)c1cccnc1. The van der Waals surface area contributed by atoms with Gasteiger partial charge in [0.2, 0.25) is 0 Å². The predicted octanol–water partition coefficient (Wildman–Crippen LogP) is 3.39. The zero-order valence-electron chi connectivity index (χ0n) is 9.84. The maximum absolute atomic E-state index is 11.2. The van der Waals surface area contributed by atoms with Gasteiger partial charge in [0, 0.05) is 29.9 Å². The van der Waals surface area contributed by atoms with Crippen LogP contribution in [0.5, 0.6) is 0 Å². The van der Waals surface area contributed by atoms with E-state index in [2.05, 4.69) is 4.98 Å². The van der Waals surface area contributed by atoms with Gasteiger partial charge in [-0.25, -0.2) is 0 Å². The quantitative estimate of drug-likeness (QED) is 0.795. The summed E-state index contributed by atoms with van der Waals surface area (Å²) in [7, 11) is 0. The highest BCUT2D eigenvalue weighted by molar-refractivity contribution is 6.30. The van der Waals surface area contributed by atoms with E-state index in [0.717, 1.165) is 11.1 Å². The molecule has 4 heteroatoms. The zero-order valence-corrected chi connectivity index (χ0v) is 10.6. The van der Waals surface area contributed by atoms with Crippen LogP contribution in [0.2, 0.25) is 5.02 Å². The Morgan fingerprint density at radius 3 is 2.50 bits per heavy atom. The van der Waals surface area contributed by atoms with Gasteiger partial charge in [-0.05, 0) is 23.8 Å². The van der Waals surface area contributed by atoms with Gasteiger partial charge in [0.25, 0.3) is 0 Å². The number of benzene rings is 1. The molecular formula is C14H12ClNO2. The number of nitrogens with zero attached hydrogens (tertiary/aromatic N) is 1. The summed E-state index contributed by atoms with van der Waals surface area (Å²) < 4.78 is 5.34. The van der Waals surface area contributed by atoms with Crippen LogP contribution in [0.1, 0.15) is 24.2 Å². The van der Waals surface area contributed by atoms with Gasteiger partial charge in [0.15, 0.2) is 6.10 Å². The van der Waals surface area contributed by atoms with E-state index in [9.17, 15) is 4.79 Å². The number of rotatable bonds is 3. The maximum Gasteiger partial charge on any atom is 0.303 e.